The summed E-state index contributed by atoms with van der Waals surface area (Å²) in [6.45, 7) is 1.78. The van der Waals surface area contributed by atoms with Gasteiger partial charge in [-0.1, -0.05) is 12.1 Å². The number of ether oxygens (including phenoxy) is 2. The van der Waals surface area contributed by atoms with Crippen molar-refractivity contribution in [1.82, 2.24) is 14.8 Å². The van der Waals surface area contributed by atoms with E-state index in [1.165, 1.54) is 6.33 Å². The lowest BCUT2D eigenvalue weighted by molar-refractivity contribution is -0.115. The van der Waals surface area contributed by atoms with Gasteiger partial charge in [-0.15, -0.1) is 0 Å². The number of aromatic nitrogens is 3. The minimum absolute atomic E-state index is 0.398. The van der Waals surface area contributed by atoms with Gasteiger partial charge in [0.2, 0.25) is 11.9 Å². The summed E-state index contributed by atoms with van der Waals surface area (Å²) >= 11 is 0. The topological polar surface area (TPSA) is 104 Å². The molecule has 1 aliphatic heterocycles. The first-order chi connectivity index (χ1) is 11.1. The van der Waals surface area contributed by atoms with E-state index < -0.39 is 11.9 Å². The highest BCUT2D eigenvalue weighted by Gasteiger charge is 2.34. The zero-order valence-corrected chi connectivity index (χ0v) is 13.0. The minimum atomic E-state index is -0.545. The van der Waals surface area contributed by atoms with Crippen LogP contribution < -0.4 is 20.5 Å². The fraction of sp³-hybridized carbons (Fsp3) is 0.267. The Hall–Kier alpha value is -3.03. The van der Waals surface area contributed by atoms with Gasteiger partial charge in [-0.3, -0.25) is 4.79 Å². The summed E-state index contributed by atoms with van der Waals surface area (Å²) in [5.41, 5.74) is 7.35. The first kappa shape index (κ1) is 14.9. The third kappa shape index (κ3) is 2.28. The van der Waals surface area contributed by atoms with Gasteiger partial charge in [0.1, 0.15) is 12.4 Å². The zero-order chi connectivity index (χ0) is 16.6. The van der Waals surface area contributed by atoms with Crippen LogP contribution in [0.15, 0.2) is 35.8 Å². The maximum Gasteiger partial charge on any atom is 0.248 e. The molecule has 3 N–H and O–H groups in total. The van der Waals surface area contributed by atoms with Gasteiger partial charge in [-0.2, -0.15) is 10.1 Å². The van der Waals surface area contributed by atoms with Gasteiger partial charge in [0.25, 0.3) is 0 Å². The normalized spacial score (nSPS) is 16.6. The van der Waals surface area contributed by atoms with E-state index in [1.807, 2.05) is 12.1 Å². The van der Waals surface area contributed by atoms with Gasteiger partial charge in [-0.05, 0) is 13.0 Å². The molecule has 0 bridgehead atoms. The second-order valence-electron chi connectivity index (χ2n) is 5.04. The Morgan fingerprint density at radius 3 is 2.78 bits per heavy atom. The standard InChI is InChI=1S/C15H17N5O3/c1-8-11(14(16)21)12(20-15(19-8)17-7-18-20)9-5-4-6-10(22-2)13(9)23-3/h4-7,12H,1-3H3,(H2,16,21)(H,17,18,19)/t12-/m1/s1. The molecule has 0 saturated carbocycles. The van der Waals surface area contributed by atoms with Crippen molar-refractivity contribution in [3.8, 4) is 11.5 Å². The number of benzene rings is 1. The molecule has 1 amide bonds. The molecule has 3 rings (SSSR count). The lowest BCUT2D eigenvalue weighted by Crippen LogP contribution is -2.32. The van der Waals surface area contributed by atoms with E-state index in [0.29, 0.717) is 34.3 Å². The molecule has 1 atom stereocenters. The van der Waals surface area contributed by atoms with E-state index >= 15 is 0 Å². The average Bonchev–Trinajstić information content (AvgIpc) is 3.00. The van der Waals surface area contributed by atoms with Crippen molar-refractivity contribution < 1.29 is 14.3 Å². The van der Waals surface area contributed by atoms with Crippen LogP contribution in [0.2, 0.25) is 0 Å². The van der Waals surface area contributed by atoms with Crippen molar-refractivity contribution >= 4 is 11.9 Å². The number of anilines is 1. The summed E-state index contributed by atoms with van der Waals surface area (Å²) in [6.07, 6.45) is 1.42. The van der Waals surface area contributed by atoms with Crippen LogP contribution in [-0.2, 0) is 4.79 Å². The average molecular weight is 315 g/mol. The molecule has 0 spiro atoms. The largest absolute Gasteiger partial charge is 0.493 e. The first-order valence-electron chi connectivity index (χ1n) is 6.96. The number of hydrogen-bond donors (Lipinski definition) is 2. The SMILES string of the molecule is COc1cccc([C@@H]2C(C(N)=O)=C(C)Nc3ncnn32)c1OC. The minimum Gasteiger partial charge on any atom is -0.493 e. The number of carbonyl (C=O) groups excluding carboxylic acids is 1. The smallest absolute Gasteiger partial charge is 0.248 e. The Labute approximate surface area is 132 Å². The summed E-state index contributed by atoms with van der Waals surface area (Å²) in [6, 6.07) is 4.91. The predicted octanol–water partition coefficient (Wildman–Crippen LogP) is 1.07. The van der Waals surface area contributed by atoms with Crippen LogP contribution in [0.25, 0.3) is 0 Å². The third-order valence-electron chi connectivity index (χ3n) is 3.79. The third-order valence-corrected chi connectivity index (χ3v) is 3.79. The van der Waals surface area contributed by atoms with Crippen molar-refractivity contribution in [3.05, 3.63) is 41.4 Å². The van der Waals surface area contributed by atoms with Crippen LogP contribution in [0.5, 0.6) is 11.5 Å². The quantitative estimate of drug-likeness (QED) is 0.874. The Bertz CT molecular complexity index is 796. The van der Waals surface area contributed by atoms with Crippen molar-refractivity contribution in [2.24, 2.45) is 5.73 Å². The molecular formula is C15H17N5O3. The summed E-state index contributed by atoms with van der Waals surface area (Å²) in [5.74, 6) is 1.08. The molecule has 120 valence electrons. The zero-order valence-electron chi connectivity index (χ0n) is 13.0. The van der Waals surface area contributed by atoms with E-state index in [0.717, 1.165) is 0 Å². The number of methoxy groups -OCH3 is 2. The molecule has 2 heterocycles. The number of rotatable bonds is 4. The maximum atomic E-state index is 12.0. The van der Waals surface area contributed by atoms with Crippen LogP contribution in [0.4, 0.5) is 5.95 Å². The van der Waals surface area contributed by atoms with Crippen molar-refractivity contribution in [1.29, 1.82) is 0 Å². The fourth-order valence-corrected chi connectivity index (χ4v) is 2.82. The molecule has 0 radical (unpaired) electrons. The molecule has 2 aromatic rings. The predicted molar refractivity (Wildman–Crippen MR) is 83.2 cm³/mol. The number of amides is 1. The van der Waals surface area contributed by atoms with Crippen molar-refractivity contribution in [2.45, 2.75) is 13.0 Å². The molecule has 8 nitrogen and oxygen atoms in total. The highest BCUT2D eigenvalue weighted by atomic mass is 16.5. The summed E-state index contributed by atoms with van der Waals surface area (Å²) in [5, 5.41) is 7.25. The molecular weight excluding hydrogens is 298 g/mol. The summed E-state index contributed by atoms with van der Waals surface area (Å²) < 4.78 is 12.4. The van der Waals surface area contributed by atoms with Crippen molar-refractivity contribution in [3.63, 3.8) is 0 Å². The van der Waals surface area contributed by atoms with Crippen molar-refractivity contribution in [2.75, 3.05) is 19.5 Å². The lowest BCUT2D eigenvalue weighted by Gasteiger charge is -2.29. The molecule has 0 unspecified atom stereocenters. The monoisotopic (exact) mass is 315 g/mol. The van der Waals surface area contributed by atoms with Crippen LogP contribution in [0, 0.1) is 0 Å². The molecule has 0 fully saturated rings. The summed E-state index contributed by atoms with van der Waals surface area (Å²) in [7, 11) is 3.10. The number of nitrogens with zero attached hydrogens (tertiary/aromatic N) is 3. The van der Waals surface area contributed by atoms with E-state index in [-0.39, 0.29) is 0 Å². The number of carbonyl (C=O) groups is 1. The highest BCUT2D eigenvalue weighted by molar-refractivity contribution is 5.95. The van der Waals surface area contributed by atoms with Gasteiger partial charge in [0.15, 0.2) is 11.5 Å². The number of primary amides is 1. The molecule has 0 saturated heterocycles. The van der Waals surface area contributed by atoms with E-state index in [1.54, 1.807) is 31.9 Å². The Morgan fingerprint density at radius 2 is 2.13 bits per heavy atom. The number of fused-ring (bicyclic) bond motifs is 1. The number of hydrogen-bond acceptors (Lipinski definition) is 6. The second kappa shape index (κ2) is 5.64. The Kier molecular flexibility index (Phi) is 3.65. The van der Waals surface area contributed by atoms with Gasteiger partial charge >= 0.3 is 0 Å². The molecule has 1 aromatic heterocycles. The van der Waals surface area contributed by atoms with Crippen LogP contribution in [0.3, 0.4) is 0 Å². The molecule has 8 heteroatoms. The van der Waals surface area contributed by atoms with Gasteiger partial charge in [0.05, 0.1) is 19.8 Å². The van der Waals surface area contributed by atoms with E-state index in [9.17, 15) is 4.79 Å². The van der Waals surface area contributed by atoms with Crippen LogP contribution in [-0.4, -0.2) is 34.9 Å². The number of allylic oxidation sites excluding steroid dienone is 1. The van der Waals surface area contributed by atoms with Gasteiger partial charge in [0, 0.05) is 11.3 Å². The number of para-hydroxylation sites is 1. The van der Waals surface area contributed by atoms with E-state index in [2.05, 4.69) is 15.4 Å². The van der Waals surface area contributed by atoms with Crippen LogP contribution in [0.1, 0.15) is 18.5 Å². The molecule has 1 aromatic carbocycles. The van der Waals surface area contributed by atoms with Gasteiger partial charge in [-0.25, -0.2) is 4.68 Å². The highest BCUT2D eigenvalue weighted by Crippen LogP contribution is 2.42. The second-order valence-corrected chi connectivity index (χ2v) is 5.04. The van der Waals surface area contributed by atoms with Gasteiger partial charge < -0.3 is 20.5 Å². The molecule has 1 aliphatic rings. The number of nitrogens with one attached hydrogen (secondary N) is 1. The lowest BCUT2D eigenvalue weighted by atomic mass is 9.94. The Balaban J connectivity index is 2.27. The van der Waals surface area contributed by atoms with E-state index in [4.69, 9.17) is 15.2 Å². The number of nitrogens with two attached hydrogens (primary N) is 1. The maximum absolute atomic E-state index is 12.0. The summed E-state index contributed by atoms with van der Waals surface area (Å²) in [4.78, 5) is 16.2. The molecule has 0 aliphatic carbocycles. The fourth-order valence-electron chi connectivity index (χ4n) is 2.82. The van der Waals surface area contributed by atoms with Crippen LogP contribution >= 0.6 is 0 Å². The Morgan fingerprint density at radius 1 is 1.35 bits per heavy atom. The molecule has 23 heavy (non-hydrogen) atoms. The first-order valence-corrected chi connectivity index (χ1v) is 6.96.